The second kappa shape index (κ2) is 6.42. The molecule has 4 nitrogen and oxygen atoms in total. The van der Waals surface area contributed by atoms with E-state index in [0.717, 1.165) is 22.6 Å². The van der Waals surface area contributed by atoms with Crippen LogP contribution in [0.5, 0.6) is 0 Å². The Morgan fingerprint density at radius 3 is 2.52 bits per heavy atom. The zero-order valence-corrected chi connectivity index (χ0v) is 13.0. The second-order valence-corrected chi connectivity index (χ2v) is 6.42. The lowest BCUT2D eigenvalue weighted by molar-refractivity contribution is 0.0932. The average Bonchev–Trinajstić information content (AvgIpc) is 2.55. The molecule has 2 aromatic carbocycles. The van der Waals surface area contributed by atoms with Crippen LogP contribution in [-0.4, -0.2) is 17.6 Å². The molecule has 0 fully saturated rings. The second-order valence-electron chi connectivity index (χ2n) is 5.29. The van der Waals surface area contributed by atoms with Gasteiger partial charge in [0.2, 0.25) is 5.91 Å². The number of nitrogens with one attached hydrogen (secondary N) is 1. The van der Waals surface area contributed by atoms with Gasteiger partial charge in [0.15, 0.2) is 0 Å². The number of amides is 2. The Morgan fingerprint density at radius 2 is 1.83 bits per heavy atom. The molecule has 3 N–H and O–H groups in total. The van der Waals surface area contributed by atoms with Gasteiger partial charge in [-0.1, -0.05) is 0 Å². The van der Waals surface area contributed by atoms with Crippen molar-refractivity contribution in [1.29, 1.82) is 0 Å². The summed E-state index contributed by atoms with van der Waals surface area (Å²) in [7, 11) is 0. The SMILES string of the molecule is NC(=O)c1ccc(C(=O)NC2CCSc3ccc(F)cc32)cc1. The molecule has 23 heavy (non-hydrogen) atoms. The molecule has 0 aromatic heterocycles. The molecule has 6 heteroatoms. The zero-order chi connectivity index (χ0) is 16.4. The number of halogens is 1. The van der Waals surface area contributed by atoms with Crippen molar-refractivity contribution >= 4 is 23.6 Å². The largest absolute Gasteiger partial charge is 0.366 e. The first-order valence-electron chi connectivity index (χ1n) is 7.17. The standard InChI is InChI=1S/C17H15FN2O2S/c18-12-5-6-15-13(9-12)14(7-8-23-15)20-17(22)11-3-1-10(2-4-11)16(19)21/h1-6,9,14H,7-8H2,(H2,19,21)(H,20,22). The molecule has 0 spiro atoms. The minimum Gasteiger partial charge on any atom is -0.366 e. The highest BCUT2D eigenvalue weighted by Gasteiger charge is 2.23. The van der Waals surface area contributed by atoms with Gasteiger partial charge in [-0.3, -0.25) is 9.59 Å². The van der Waals surface area contributed by atoms with Crippen LogP contribution >= 0.6 is 11.8 Å². The number of hydrogen-bond acceptors (Lipinski definition) is 3. The van der Waals surface area contributed by atoms with Crippen LogP contribution in [0.2, 0.25) is 0 Å². The van der Waals surface area contributed by atoms with Gasteiger partial charge < -0.3 is 11.1 Å². The summed E-state index contributed by atoms with van der Waals surface area (Å²) in [6.07, 6.45) is 0.742. The number of primary amides is 1. The highest BCUT2D eigenvalue weighted by atomic mass is 32.2. The van der Waals surface area contributed by atoms with E-state index in [-0.39, 0.29) is 17.8 Å². The molecule has 3 rings (SSSR count). The van der Waals surface area contributed by atoms with Crippen LogP contribution in [0.3, 0.4) is 0 Å². The molecule has 0 bridgehead atoms. The van der Waals surface area contributed by atoms with Crippen molar-refractivity contribution in [2.75, 3.05) is 5.75 Å². The minimum atomic E-state index is -0.536. The zero-order valence-electron chi connectivity index (χ0n) is 12.2. The lowest BCUT2D eigenvalue weighted by atomic mass is 10.0. The van der Waals surface area contributed by atoms with Crippen LogP contribution in [0.15, 0.2) is 47.4 Å². The summed E-state index contributed by atoms with van der Waals surface area (Å²) in [6, 6.07) is 10.6. The molecule has 1 atom stereocenters. The first-order valence-corrected chi connectivity index (χ1v) is 8.16. The topological polar surface area (TPSA) is 72.2 Å². The first-order chi connectivity index (χ1) is 11.0. The Kier molecular flexibility index (Phi) is 4.34. The highest BCUT2D eigenvalue weighted by Crippen LogP contribution is 2.36. The van der Waals surface area contributed by atoms with E-state index in [9.17, 15) is 14.0 Å². The van der Waals surface area contributed by atoms with E-state index in [1.54, 1.807) is 30.0 Å². The lowest BCUT2D eigenvalue weighted by Crippen LogP contribution is -2.30. The van der Waals surface area contributed by atoms with Gasteiger partial charge in [0.25, 0.3) is 5.91 Å². The fraction of sp³-hybridized carbons (Fsp3) is 0.176. The maximum absolute atomic E-state index is 13.5. The van der Waals surface area contributed by atoms with Gasteiger partial charge in [-0.15, -0.1) is 11.8 Å². The Balaban J connectivity index is 1.79. The van der Waals surface area contributed by atoms with Crippen molar-refractivity contribution in [2.45, 2.75) is 17.4 Å². The van der Waals surface area contributed by atoms with Crippen molar-refractivity contribution in [3.05, 3.63) is 65.0 Å². The maximum Gasteiger partial charge on any atom is 0.251 e. The molecule has 1 heterocycles. The van der Waals surface area contributed by atoms with Gasteiger partial charge >= 0.3 is 0 Å². The smallest absolute Gasteiger partial charge is 0.251 e. The molecule has 0 radical (unpaired) electrons. The summed E-state index contributed by atoms with van der Waals surface area (Å²) in [4.78, 5) is 24.4. The fourth-order valence-corrected chi connectivity index (χ4v) is 3.65. The number of thioether (sulfide) groups is 1. The summed E-state index contributed by atoms with van der Waals surface area (Å²) in [6.45, 7) is 0. The number of carbonyl (C=O) groups is 2. The Hall–Kier alpha value is -2.34. The molecule has 1 unspecified atom stereocenters. The van der Waals surface area contributed by atoms with Crippen LogP contribution in [0.25, 0.3) is 0 Å². The molecule has 1 aliphatic rings. The van der Waals surface area contributed by atoms with E-state index < -0.39 is 5.91 Å². The molecular weight excluding hydrogens is 315 g/mol. The van der Waals surface area contributed by atoms with Crippen molar-refractivity contribution in [2.24, 2.45) is 5.73 Å². The molecular formula is C17H15FN2O2S. The van der Waals surface area contributed by atoms with Gasteiger partial charge in [0, 0.05) is 21.8 Å². The molecule has 0 saturated carbocycles. The number of fused-ring (bicyclic) bond motifs is 1. The normalized spacial score (nSPS) is 16.5. The Bertz CT molecular complexity index is 762. The van der Waals surface area contributed by atoms with E-state index in [0.29, 0.717) is 11.1 Å². The summed E-state index contributed by atoms with van der Waals surface area (Å²) in [5.41, 5.74) is 6.77. The number of rotatable bonds is 3. The number of hydrogen-bond donors (Lipinski definition) is 2. The number of carbonyl (C=O) groups excluding carboxylic acids is 2. The summed E-state index contributed by atoms with van der Waals surface area (Å²) < 4.78 is 13.5. The first kappa shape index (κ1) is 15.6. The molecule has 2 amide bonds. The van der Waals surface area contributed by atoms with Gasteiger partial charge in [-0.25, -0.2) is 4.39 Å². The predicted octanol–water partition coefficient (Wildman–Crippen LogP) is 2.89. The van der Waals surface area contributed by atoms with Gasteiger partial charge in [-0.2, -0.15) is 0 Å². The maximum atomic E-state index is 13.5. The Labute approximate surface area is 137 Å². The van der Waals surface area contributed by atoms with Crippen molar-refractivity contribution < 1.29 is 14.0 Å². The molecule has 1 aliphatic heterocycles. The van der Waals surface area contributed by atoms with Gasteiger partial charge in [-0.05, 0) is 54.4 Å². The van der Waals surface area contributed by atoms with E-state index in [2.05, 4.69) is 5.32 Å². The van der Waals surface area contributed by atoms with E-state index in [1.807, 2.05) is 0 Å². The van der Waals surface area contributed by atoms with Crippen molar-refractivity contribution in [3.8, 4) is 0 Å². The number of nitrogens with two attached hydrogens (primary N) is 1. The van der Waals surface area contributed by atoms with Crippen LogP contribution < -0.4 is 11.1 Å². The predicted molar refractivity (Wildman–Crippen MR) is 86.9 cm³/mol. The third-order valence-corrected chi connectivity index (χ3v) is 4.87. The fourth-order valence-electron chi connectivity index (χ4n) is 2.54. The third kappa shape index (κ3) is 3.37. The molecule has 0 aliphatic carbocycles. The van der Waals surface area contributed by atoms with Crippen molar-refractivity contribution in [3.63, 3.8) is 0 Å². The molecule has 118 valence electrons. The van der Waals surface area contributed by atoms with E-state index in [4.69, 9.17) is 5.73 Å². The molecule has 0 saturated heterocycles. The van der Waals surface area contributed by atoms with Crippen LogP contribution in [0, 0.1) is 5.82 Å². The summed E-state index contributed by atoms with van der Waals surface area (Å²) >= 11 is 1.66. The van der Waals surface area contributed by atoms with Gasteiger partial charge in [0.1, 0.15) is 5.82 Å². The summed E-state index contributed by atoms with van der Waals surface area (Å²) in [5, 5.41) is 2.93. The number of benzene rings is 2. The monoisotopic (exact) mass is 330 g/mol. The molecule has 2 aromatic rings. The lowest BCUT2D eigenvalue weighted by Gasteiger charge is -2.26. The van der Waals surface area contributed by atoms with Crippen LogP contribution in [0.4, 0.5) is 4.39 Å². The highest BCUT2D eigenvalue weighted by molar-refractivity contribution is 7.99. The average molecular weight is 330 g/mol. The minimum absolute atomic E-state index is 0.217. The quantitative estimate of drug-likeness (QED) is 0.909. The van der Waals surface area contributed by atoms with Crippen LogP contribution in [0.1, 0.15) is 38.7 Å². The van der Waals surface area contributed by atoms with Crippen LogP contribution in [-0.2, 0) is 0 Å². The summed E-state index contributed by atoms with van der Waals surface area (Å²) in [5.74, 6) is -0.236. The Morgan fingerprint density at radius 1 is 1.13 bits per heavy atom. The van der Waals surface area contributed by atoms with Crippen molar-refractivity contribution in [1.82, 2.24) is 5.32 Å². The third-order valence-electron chi connectivity index (χ3n) is 3.75. The van der Waals surface area contributed by atoms with E-state index >= 15 is 0 Å². The van der Waals surface area contributed by atoms with E-state index in [1.165, 1.54) is 24.3 Å². The van der Waals surface area contributed by atoms with Gasteiger partial charge in [0.05, 0.1) is 6.04 Å².